The Morgan fingerprint density at radius 2 is 1.68 bits per heavy atom. The maximum absolute atomic E-state index is 5.54. The van der Waals surface area contributed by atoms with E-state index in [1.165, 1.54) is 29.5 Å². The highest BCUT2D eigenvalue weighted by Crippen LogP contribution is 2.29. The van der Waals surface area contributed by atoms with E-state index in [1.54, 1.807) is 19.5 Å². The van der Waals surface area contributed by atoms with Crippen LogP contribution in [0.2, 0.25) is 0 Å². The van der Waals surface area contributed by atoms with E-state index in [1.807, 2.05) is 18.5 Å². The molecule has 2 aromatic heterocycles. The lowest BCUT2D eigenvalue weighted by Gasteiger charge is -2.41. The Labute approximate surface area is 220 Å². The standard InChI is InChI=1S/C31H37N5O/c1-37-19-18-36(24-27-8-5-13-32-22-27)31(21-25-6-3-2-4-7-25)28-11-16-35(17-12-28)23-26-9-10-29-30(20-26)34-15-14-33-29/h2-10,13-15,20,22,28,31H,11-12,16-19,21,23-24H2,1H3. The minimum atomic E-state index is 0.454. The summed E-state index contributed by atoms with van der Waals surface area (Å²) < 4.78 is 5.54. The minimum absolute atomic E-state index is 0.454. The molecule has 6 heteroatoms. The van der Waals surface area contributed by atoms with Gasteiger partial charge < -0.3 is 4.74 Å². The molecule has 0 spiro atoms. The van der Waals surface area contributed by atoms with Crippen LogP contribution in [0, 0.1) is 5.92 Å². The predicted octanol–water partition coefficient (Wildman–Crippen LogP) is 5.00. The van der Waals surface area contributed by atoms with Gasteiger partial charge in [0.25, 0.3) is 0 Å². The van der Waals surface area contributed by atoms with Crippen LogP contribution in [0.1, 0.15) is 29.5 Å². The first-order chi connectivity index (χ1) is 18.3. The summed E-state index contributed by atoms with van der Waals surface area (Å²) in [6.45, 7) is 5.73. The molecule has 0 aliphatic carbocycles. The predicted molar refractivity (Wildman–Crippen MR) is 148 cm³/mol. The number of methoxy groups -OCH3 is 1. The van der Waals surface area contributed by atoms with Gasteiger partial charge in [-0.25, -0.2) is 0 Å². The molecule has 0 N–H and O–H groups in total. The summed E-state index contributed by atoms with van der Waals surface area (Å²) >= 11 is 0. The van der Waals surface area contributed by atoms with Gasteiger partial charge in [0, 0.05) is 57.6 Å². The van der Waals surface area contributed by atoms with E-state index in [0.717, 1.165) is 56.8 Å². The van der Waals surface area contributed by atoms with E-state index < -0.39 is 0 Å². The molecule has 0 amide bonds. The van der Waals surface area contributed by atoms with Crippen molar-refractivity contribution in [1.82, 2.24) is 24.8 Å². The molecule has 1 saturated heterocycles. The maximum Gasteiger partial charge on any atom is 0.0890 e. The van der Waals surface area contributed by atoms with Crippen LogP contribution in [0.25, 0.3) is 11.0 Å². The zero-order valence-corrected chi connectivity index (χ0v) is 21.7. The monoisotopic (exact) mass is 495 g/mol. The van der Waals surface area contributed by atoms with Crippen LogP contribution in [0.4, 0.5) is 0 Å². The van der Waals surface area contributed by atoms with Crippen molar-refractivity contribution in [2.75, 3.05) is 33.4 Å². The van der Waals surface area contributed by atoms with Gasteiger partial charge in [-0.15, -0.1) is 0 Å². The Morgan fingerprint density at radius 3 is 2.43 bits per heavy atom. The average Bonchev–Trinajstić information content (AvgIpc) is 2.96. The Bertz CT molecular complexity index is 1230. The van der Waals surface area contributed by atoms with Crippen LogP contribution in [0.15, 0.2) is 85.5 Å². The van der Waals surface area contributed by atoms with Crippen LogP contribution in [-0.2, 0) is 24.2 Å². The maximum atomic E-state index is 5.54. The van der Waals surface area contributed by atoms with Crippen molar-refractivity contribution in [3.8, 4) is 0 Å². The van der Waals surface area contributed by atoms with Crippen molar-refractivity contribution in [2.45, 2.75) is 38.4 Å². The zero-order chi connectivity index (χ0) is 25.3. The number of nitrogens with zero attached hydrogens (tertiary/aromatic N) is 5. The number of ether oxygens (including phenoxy) is 1. The third-order valence-corrected chi connectivity index (χ3v) is 7.56. The Morgan fingerprint density at radius 1 is 0.892 bits per heavy atom. The molecule has 0 bridgehead atoms. The van der Waals surface area contributed by atoms with Crippen LogP contribution >= 0.6 is 0 Å². The van der Waals surface area contributed by atoms with Crippen molar-refractivity contribution < 1.29 is 4.74 Å². The van der Waals surface area contributed by atoms with E-state index in [4.69, 9.17) is 4.74 Å². The topological polar surface area (TPSA) is 54.4 Å². The first kappa shape index (κ1) is 25.5. The van der Waals surface area contributed by atoms with Gasteiger partial charge in [0.05, 0.1) is 17.6 Å². The molecule has 0 saturated carbocycles. The molecule has 2 aromatic carbocycles. The van der Waals surface area contributed by atoms with Crippen LogP contribution < -0.4 is 0 Å². The van der Waals surface area contributed by atoms with Gasteiger partial charge in [0.15, 0.2) is 0 Å². The summed E-state index contributed by atoms with van der Waals surface area (Å²) in [5.41, 5.74) is 5.90. The summed E-state index contributed by atoms with van der Waals surface area (Å²) in [4.78, 5) is 18.5. The molecule has 1 fully saturated rings. The number of hydrogen-bond donors (Lipinski definition) is 0. The SMILES string of the molecule is COCCN(Cc1cccnc1)C(Cc1ccccc1)C1CCN(Cc2ccc3nccnc3c2)CC1. The number of aromatic nitrogens is 3. The van der Waals surface area contributed by atoms with Gasteiger partial charge in [-0.2, -0.15) is 0 Å². The number of benzene rings is 2. The Balaban J connectivity index is 1.29. The summed E-state index contributed by atoms with van der Waals surface area (Å²) in [7, 11) is 1.80. The van der Waals surface area contributed by atoms with Gasteiger partial charge in [0.2, 0.25) is 0 Å². The summed E-state index contributed by atoms with van der Waals surface area (Å²) in [5, 5.41) is 0. The molecular formula is C31H37N5O. The van der Waals surface area contributed by atoms with Crippen molar-refractivity contribution >= 4 is 11.0 Å². The van der Waals surface area contributed by atoms with E-state index in [-0.39, 0.29) is 0 Å². The van der Waals surface area contributed by atoms with Gasteiger partial charge in [-0.3, -0.25) is 24.8 Å². The first-order valence-corrected chi connectivity index (χ1v) is 13.4. The van der Waals surface area contributed by atoms with Crippen molar-refractivity contribution in [3.63, 3.8) is 0 Å². The van der Waals surface area contributed by atoms with E-state index in [0.29, 0.717) is 12.0 Å². The second-order valence-electron chi connectivity index (χ2n) is 10.1. The Kier molecular flexibility index (Phi) is 8.85. The van der Waals surface area contributed by atoms with Gasteiger partial charge >= 0.3 is 0 Å². The number of rotatable bonds is 11. The molecule has 5 rings (SSSR count). The second-order valence-corrected chi connectivity index (χ2v) is 10.1. The molecule has 1 unspecified atom stereocenters. The van der Waals surface area contributed by atoms with Crippen molar-refractivity contribution in [3.05, 3.63) is 102 Å². The van der Waals surface area contributed by atoms with Crippen LogP contribution in [0.3, 0.4) is 0 Å². The normalized spacial score (nSPS) is 15.8. The summed E-state index contributed by atoms with van der Waals surface area (Å²) in [5.74, 6) is 0.632. The van der Waals surface area contributed by atoms with E-state index in [2.05, 4.69) is 79.3 Å². The zero-order valence-electron chi connectivity index (χ0n) is 21.7. The first-order valence-electron chi connectivity index (χ1n) is 13.4. The molecule has 1 aliphatic rings. The molecule has 3 heterocycles. The van der Waals surface area contributed by atoms with E-state index >= 15 is 0 Å². The fraction of sp³-hybridized carbons (Fsp3) is 0.387. The molecule has 4 aromatic rings. The van der Waals surface area contributed by atoms with Gasteiger partial charge in [-0.1, -0.05) is 42.5 Å². The molecule has 192 valence electrons. The lowest BCUT2D eigenvalue weighted by Crippen LogP contribution is -2.47. The van der Waals surface area contributed by atoms with Crippen LogP contribution in [-0.4, -0.2) is 64.1 Å². The highest BCUT2D eigenvalue weighted by Gasteiger charge is 2.31. The molecule has 37 heavy (non-hydrogen) atoms. The largest absolute Gasteiger partial charge is 0.383 e. The molecular weight excluding hydrogens is 458 g/mol. The quantitative estimate of drug-likeness (QED) is 0.292. The Hall–Kier alpha value is -3.19. The number of hydrogen-bond acceptors (Lipinski definition) is 6. The molecule has 1 aliphatic heterocycles. The summed E-state index contributed by atoms with van der Waals surface area (Å²) in [6.07, 6.45) is 10.8. The third-order valence-electron chi connectivity index (χ3n) is 7.56. The second kappa shape index (κ2) is 12.9. The number of fused-ring (bicyclic) bond motifs is 1. The van der Waals surface area contributed by atoms with Gasteiger partial charge in [-0.05, 0) is 73.2 Å². The lowest BCUT2D eigenvalue weighted by molar-refractivity contribution is 0.0571. The highest BCUT2D eigenvalue weighted by molar-refractivity contribution is 5.74. The third kappa shape index (κ3) is 6.98. The fourth-order valence-corrected chi connectivity index (χ4v) is 5.61. The molecule has 0 radical (unpaired) electrons. The number of piperidine rings is 1. The van der Waals surface area contributed by atoms with Crippen LogP contribution in [0.5, 0.6) is 0 Å². The minimum Gasteiger partial charge on any atom is -0.383 e. The lowest BCUT2D eigenvalue weighted by atomic mass is 9.84. The average molecular weight is 496 g/mol. The number of pyridine rings is 1. The van der Waals surface area contributed by atoms with Crippen molar-refractivity contribution in [1.29, 1.82) is 0 Å². The van der Waals surface area contributed by atoms with Crippen molar-refractivity contribution in [2.24, 2.45) is 5.92 Å². The molecule has 1 atom stereocenters. The smallest absolute Gasteiger partial charge is 0.0890 e. The molecule has 6 nitrogen and oxygen atoms in total. The fourth-order valence-electron chi connectivity index (χ4n) is 5.61. The number of likely N-dealkylation sites (tertiary alicyclic amines) is 1. The van der Waals surface area contributed by atoms with E-state index in [9.17, 15) is 0 Å². The van der Waals surface area contributed by atoms with Gasteiger partial charge in [0.1, 0.15) is 0 Å². The summed E-state index contributed by atoms with van der Waals surface area (Å²) in [6, 6.07) is 22.1. The highest BCUT2D eigenvalue weighted by atomic mass is 16.5.